The van der Waals surface area contributed by atoms with Crippen LogP contribution < -0.4 is 0 Å². The molecule has 2 aliphatic heterocycles. The maximum atomic E-state index is 13.8. The fraction of sp³-hybridized carbons (Fsp3) is 0.535. The summed E-state index contributed by atoms with van der Waals surface area (Å²) in [5, 5.41) is 9.51. The number of amides is 2. The molecule has 8 nitrogen and oxygen atoms in total. The second-order valence-electron chi connectivity index (χ2n) is 15.9. The number of aliphatic hydroxyl groups is 1. The van der Waals surface area contributed by atoms with Crippen molar-refractivity contribution in [3.8, 4) is 0 Å². The van der Waals surface area contributed by atoms with E-state index < -0.39 is 40.6 Å². The summed E-state index contributed by atoms with van der Waals surface area (Å²) in [6.07, 6.45) is -4.51. The number of halogens is 8. The summed E-state index contributed by atoms with van der Waals surface area (Å²) in [5.74, 6) is -1.07. The van der Waals surface area contributed by atoms with Crippen molar-refractivity contribution in [3.05, 3.63) is 104 Å². The van der Waals surface area contributed by atoms with Crippen LogP contribution >= 0.6 is 23.2 Å². The van der Waals surface area contributed by atoms with Gasteiger partial charge in [0.25, 0.3) is 5.91 Å². The van der Waals surface area contributed by atoms with Gasteiger partial charge in [0.2, 0.25) is 5.91 Å². The average Bonchev–Trinajstić information content (AvgIpc) is 3.51. The van der Waals surface area contributed by atoms with Crippen molar-refractivity contribution in [2.75, 3.05) is 66.1 Å². The maximum Gasteiger partial charge on any atom is 0.416 e. The molecule has 0 aromatic heterocycles. The van der Waals surface area contributed by atoms with E-state index in [4.69, 9.17) is 37.8 Å². The second-order valence-corrected chi connectivity index (χ2v) is 16.7. The number of alkyl halides is 6. The Hall–Kier alpha value is -3.40. The number of benzene rings is 3. The van der Waals surface area contributed by atoms with Crippen molar-refractivity contribution in [3.63, 3.8) is 0 Å². The predicted molar refractivity (Wildman–Crippen MR) is 211 cm³/mol. The molecule has 2 fully saturated rings. The summed E-state index contributed by atoms with van der Waals surface area (Å²) >= 11 is 12.7. The van der Waals surface area contributed by atoms with Crippen molar-refractivity contribution >= 4 is 35.0 Å². The van der Waals surface area contributed by atoms with Crippen LogP contribution in [-0.2, 0) is 44.1 Å². The Bertz CT molecular complexity index is 1920. The fourth-order valence-electron chi connectivity index (χ4n) is 8.77. The van der Waals surface area contributed by atoms with Crippen LogP contribution in [0, 0.1) is 0 Å². The van der Waals surface area contributed by atoms with Crippen LogP contribution in [0.5, 0.6) is 0 Å². The van der Waals surface area contributed by atoms with Gasteiger partial charge in [-0.3, -0.25) is 9.59 Å². The molecule has 2 saturated heterocycles. The molecular formula is C43H49Cl2F6N3O5. The van der Waals surface area contributed by atoms with Gasteiger partial charge in [-0.15, -0.1) is 0 Å². The smallest absolute Gasteiger partial charge is 0.396 e. The second kappa shape index (κ2) is 18.7. The number of likely N-dealkylation sites (tertiary alicyclic amines) is 1. The van der Waals surface area contributed by atoms with Crippen LogP contribution in [-0.4, -0.2) is 104 Å². The summed E-state index contributed by atoms with van der Waals surface area (Å²) in [4.78, 5) is 32.1. The lowest BCUT2D eigenvalue weighted by Gasteiger charge is -2.46. The minimum atomic E-state index is -5.11. The molecule has 0 saturated carbocycles. The number of hydrogen-bond donors (Lipinski definition) is 1. The van der Waals surface area contributed by atoms with Crippen LogP contribution in [0.4, 0.5) is 26.3 Å². The first-order chi connectivity index (χ1) is 28.0. The van der Waals surface area contributed by atoms with Crippen LogP contribution in [0.1, 0.15) is 83.1 Å². The quantitative estimate of drug-likeness (QED) is 0.129. The van der Waals surface area contributed by atoms with Crippen LogP contribution in [0.15, 0.2) is 60.7 Å². The Morgan fingerprint density at radius 3 is 2.24 bits per heavy atom. The first kappa shape index (κ1) is 45.1. The normalized spacial score (nSPS) is 20.8. The van der Waals surface area contributed by atoms with Gasteiger partial charge >= 0.3 is 12.4 Å². The number of piperidine rings is 1. The lowest BCUT2D eigenvalue weighted by Crippen LogP contribution is -2.54. The van der Waals surface area contributed by atoms with E-state index in [1.54, 1.807) is 30.1 Å². The van der Waals surface area contributed by atoms with Gasteiger partial charge in [-0.2, -0.15) is 26.3 Å². The third-order valence-electron chi connectivity index (χ3n) is 12.1. The number of fused-ring (bicyclic) bond motifs is 2. The van der Waals surface area contributed by atoms with Crippen molar-refractivity contribution < 1.29 is 50.5 Å². The molecule has 1 aliphatic carbocycles. The zero-order chi connectivity index (χ0) is 42.6. The summed E-state index contributed by atoms with van der Waals surface area (Å²) in [6, 6.07) is 14.1. The summed E-state index contributed by atoms with van der Waals surface area (Å²) < 4.78 is 95.2. The number of unbranched alkanes of at least 4 members (excludes halogenated alkanes) is 3. The number of rotatable bonds is 14. The van der Waals surface area contributed by atoms with E-state index >= 15 is 0 Å². The van der Waals surface area contributed by atoms with Gasteiger partial charge in [0.05, 0.1) is 40.4 Å². The number of likely N-dealkylation sites (N-methyl/N-ethyl adjacent to an activating group) is 1. The van der Waals surface area contributed by atoms with Crippen molar-refractivity contribution in [2.24, 2.45) is 0 Å². The maximum absolute atomic E-state index is 13.8. The third-order valence-corrected chi connectivity index (χ3v) is 12.9. The van der Waals surface area contributed by atoms with Gasteiger partial charge in [-0.05, 0) is 98.6 Å². The molecule has 0 radical (unpaired) electrons. The van der Waals surface area contributed by atoms with Gasteiger partial charge < -0.3 is 29.3 Å². The molecule has 322 valence electrons. The molecule has 16 heteroatoms. The number of carbonyl (C=O) groups excluding carboxylic acids is 2. The molecule has 59 heavy (non-hydrogen) atoms. The number of aliphatic hydroxyl groups excluding tert-OH is 1. The van der Waals surface area contributed by atoms with Gasteiger partial charge in [0.1, 0.15) is 12.2 Å². The molecule has 6 rings (SSSR count). The molecule has 3 aromatic carbocycles. The van der Waals surface area contributed by atoms with Gasteiger partial charge in [0.15, 0.2) is 0 Å². The van der Waals surface area contributed by atoms with E-state index in [-0.39, 0.29) is 66.4 Å². The van der Waals surface area contributed by atoms with Crippen LogP contribution in [0.2, 0.25) is 10.0 Å². The highest BCUT2D eigenvalue weighted by molar-refractivity contribution is 6.42. The van der Waals surface area contributed by atoms with Crippen LogP contribution in [0.25, 0.3) is 0 Å². The van der Waals surface area contributed by atoms with Crippen molar-refractivity contribution in [1.29, 1.82) is 0 Å². The Labute approximate surface area is 350 Å². The first-order valence-electron chi connectivity index (χ1n) is 19.9. The third kappa shape index (κ3) is 10.4. The minimum Gasteiger partial charge on any atom is -0.396 e. The molecule has 1 spiro atoms. The standard InChI is InChI=1S/C43H49Cl2F6N3O5/c1-52(15-6-2-3-7-20-55)38(56)27-58-37-24-29-8-4-5-9-34(29)40(37)12-16-53(17-13-40)18-14-41(31-10-11-35(44)36(45)26-31)28-54(19-21-59-41)39(57)30-22-32(42(46,47)48)25-33(23-30)43(49,50)51/h4-5,8-11,22-23,25-26,37,55H,2-3,6-7,12-21,24,27-28H2,1H3/t37-,41-/m0/s1. The topological polar surface area (TPSA) is 82.5 Å². The van der Waals surface area contributed by atoms with Gasteiger partial charge in [-0.1, -0.05) is 66.4 Å². The van der Waals surface area contributed by atoms with Gasteiger partial charge in [-0.25, -0.2) is 0 Å². The summed E-state index contributed by atoms with van der Waals surface area (Å²) in [5.41, 5.74) is -2.43. The highest BCUT2D eigenvalue weighted by atomic mass is 35.5. The molecular weight excluding hydrogens is 823 g/mol. The van der Waals surface area contributed by atoms with E-state index in [0.29, 0.717) is 56.7 Å². The molecule has 2 amide bonds. The Kier molecular flexibility index (Phi) is 14.3. The number of hydrogen-bond acceptors (Lipinski definition) is 6. The number of morpholine rings is 1. The largest absolute Gasteiger partial charge is 0.416 e. The zero-order valence-electron chi connectivity index (χ0n) is 32.8. The molecule has 2 atom stereocenters. The lowest BCUT2D eigenvalue weighted by molar-refractivity contribution is -0.143. The lowest BCUT2D eigenvalue weighted by atomic mass is 9.72. The Morgan fingerprint density at radius 2 is 1.58 bits per heavy atom. The SMILES string of the molecule is CN(CCCCCCO)C(=O)CO[C@H]1Cc2ccccc2C12CCN(CC[C@@]1(c3ccc(Cl)c(Cl)c3)CN(C(=O)c3cc(C(F)(F)F)cc(C(F)(F)F)c3)CCO1)CC2. The highest BCUT2D eigenvalue weighted by Gasteiger charge is 2.50. The summed E-state index contributed by atoms with van der Waals surface area (Å²) in [6.45, 7) is 2.30. The number of nitrogens with zero attached hydrogens (tertiary/aromatic N) is 3. The number of ether oxygens (including phenoxy) is 2. The zero-order valence-corrected chi connectivity index (χ0v) is 34.3. The average molecular weight is 873 g/mol. The molecule has 2 heterocycles. The molecule has 3 aliphatic rings. The van der Waals surface area contributed by atoms with E-state index in [2.05, 4.69) is 17.0 Å². The fourth-order valence-corrected chi connectivity index (χ4v) is 9.06. The van der Waals surface area contributed by atoms with E-state index in [1.807, 2.05) is 12.1 Å². The molecule has 3 aromatic rings. The minimum absolute atomic E-state index is 0.000787. The molecule has 0 unspecified atom stereocenters. The number of carbonyl (C=O) groups is 2. The van der Waals surface area contributed by atoms with Crippen LogP contribution in [0.3, 0.4) is 0 Å². The monoisotopic (exact) mass is 871 g/mol. The first-order valence-corrected chi connectivity index (χ1v) is 20.7. The van der Waals surface area contributed by atoms with E-state index in [0.717, 1.165) is 38.5 Å². The molecule has 1 N–H and O–H groups in total. The summed E-state index contributed by atoms with van der Waals surface area (Å²) in [7, 11) is 1.78. The van der Waals surface area contributed by atoms with Crippen molar-refractivity contribution in [2.45, 2.75) is 80.8 Å². The Morgan fingerprint density at radius 1 is 0.898 bits per heavy atom. The predicted octanol–water partition coefficient (Wildman–Crippen LogP) is 8.78. The van der Waals surface area contributed by atoms with Crippen molar-refractivity contribution in [1.82, 2.24) is 14.7 Å². The van der Waals surface area contributed by atoms with E-state index in [9.17, 15) is 35.9 Å². The molecule has 0 bridgehead atoms. The van der Waals surface area contributed by atoms with Gasteiger partial charge in [0, 0.05) is 44.3 Å². The van der Waals surface area contributed by atoms with E-state index in [1.165, 1.54) is 16.0 Å². The highest BCUT2D eigenvalue weighted by Crippen LogP contribution is 2.48. The Balaban J connectivity index is 1.17.